The maximum Gasteiger partial charge on any atom is 0.249 e. The maximum atomic E-state index is 13.3. The predicted octanol–water partition coefficient (Wildman–Crippen LogP) is 19.9. The van der Waals surface area contributed by atoms with Crippen molar-refractivity contribution in [1.29, 1.82) is 0 Å². The van der Waals surface area contributed by atoms with Crippen LogP contribution in [0.25, 0.3) is 0 Å². The molecule has 0 bridgehead atoms. The van der Waals surface area contributed by atoms with Gasteiger partial charge in [-0.3, -0.25) is 4.79 Å². The molecule has 0 saturated carbocycles. The van der Waals surface area contributed by atoms with E-state index in [-0.39, 0.29) is 12.8 Å². The molecule has 1 fully saturated rings. The lowest BCUT2D eigenvalue weighted by molar-refractivity contribution is -0.303. The first-order chi connectivity index (χ1) is 44.2. The number of hydrogen-bond donors (Lipinski definition) is 8. The molecule has 11 nitrogen and oxygen atoms in total. The van der Waals surface area contributed by atoms with E-state index >= 15 is 0 Å². The van der Waals surface area contributed by atoms with Crippen molar-refractivity contribution in [3.8, 4) is 0 Å². The van der Waals surface area contributed by atoms with Gasteiger partial charge in [-0.05, 0) is 89.9 Å². The van der Waals surface area contributed by atoms with Gasteiger partial charge < -0.3 is 50.5 Å². The van der Waals surface area contributed by atoms with Gasteiger partial charge in [-0.2, -0.15) is 0 Å². The monoisotopic (exact) mass is 1270 g/mol. The summed E-state index contributed by atoms with van der Waals surface area (Å²) in [6.07, 6.45) is 78.0. The average Bonchev–Trinajstić information content (AvgIpc) is 1.44. The minimum Gasteiger partial charge on any atom is -0.394 e. The van der Waals surface area contributed by atoms with E-state index in [0.29, 0.717) is 19.3 Å². The van der Waals surface area contributed by atoms with Crippen molar-refractivity contribution < 1.29 is 50.0 Å². The van der Waals surface area contributed by atoms with Crippen LogP contribution in [0.4, 0.5) is 0 Å². The first-order valence-electron chi connectivity index (χ1n) is 39.0. The molecule has 0 aromatic heterocycles. The SMILES string of the molecule is CCCCCCCCCCCCCCCC/C=C/CC/C=C/CC/C=C/CCCC(O)C(O)C(COC1OC(CO)C(O)C(O)C1O)NC(=O)C(O)CCCCCCCCCCCCCCCCCC/C=C\CCCCCCCCCCCCCCCCCC. The smallest absolute Gasteiger partial charge is 0.249 e. The molecular formula is C79H149NO10. The fraction of sp³-hybridized carbons (Fsp3) is 0.886. The summed E-state index contributed by atoms with van der Waals surface area (Å²) in [5, 5.41) is 76.6. The number of allylic oxidation sites excluding steroid dienone is 8. The highest BCUT2D eigenvalue weighted by Gasteiger charge is 2.44. The van der Waals surface area contributed by atoms with Crippen molar-refractivity contribution in [2.45, 2.75) is 435 Å². The van der Waals surface area contributed by atoms with Gasteiger partial charge >= 0.3 is 0 Å². The molecule has 8 N–H and O–H groups in total. The number of carbonyl (C=O) groups is 1. The fourth-order valence-electron chi connectivity index (χ4n) is 12.6. The zero-order chi connectivity index (χ0) is 65.3. The Bertz CT molecular complexity index is 1610. The molecule has 1 heterocycles. The lowest BCUT2D eigenvalue weighted by Gasteiger charge is -2.40. The van der Waals surface area contributed by atoms with Crippen LogP contribution in [0, 0.1) is 0 Å². The normalized spacial score (nSPS) is 18.7. The molecular weight excluding hydrogens is 1120 g/mol. The quantitative estimate of drug-likeness (QED) is 0.0215. The number of aliphatic hydroxyl groups excluding tert-OH is 7. The van der Waals surface area contributed by atoms with Gasteiger partial charge in [0.1, 0.15) is 36.6 Å². The minimum atomic E-state index is -1.68. The van der Waals surface area contributed by atoms with Crippen LogP contribution in [-0.4, -0.2) is 110 Å². The van der Waals surface area contributed by atoms with Crippen LogP contribution in [0.2, 0.25) is 0 Å². The average molecular weight is 1270 g/mol. The van der Waals surface area contributed by atoms with E-state index < -0.39 is 74.2 Å². The summed E-state index contributed by atoms with van der Waals surface area (Å²) in [6.45, 7) is 3.50. The highest BCUT2D eigenvalue weighted by atomic mass is 16.7. The van der Waals surface area contributed by atoms with Crippen molar-refractivity contribution in [3.05, 3.63) is 48.6 Å². The van der Waals surface area contributed by atoms with E-state index in [1.54, 1.807) is 0 Å². The molecule has 9 atom stereocenters. The lowest BCUT2D eigenvalue weighted by Crippen LogP contribution is -2.60. The molecule has 1 amide bonds. The van der Waals surface area contributed by atoms with Crippen molar-refractivity contribution in [1.82, 2.24) is 5.32 Å². The number of hydrogen-bond acceptors (Lipinski definition) is 10. The Kier molecular flexibility index (Phi) is 64.1. The summed E-state index contributed by atoms with van der Waals surface area (Å²) < 4.78 is 11.2. The Balaban J connectivity index is 2.17. The molecule has 530 valence electrons. The van der Waals surface area contributed by atoms with E-state index in [0.717, 1.165) is 44.9 Å². The zero-order valence-electron chi connectivity index (χ0n) is 58.9. The van der Waals surface area contributed by atoms with Crippen molar-refractivity contribution >= 4 is 5.91 Å². The summed E-state index contributed by atoms with van der Waals surface area (Å²) in [5.74, 6) is -0.707. The van der Waals surface area contributed by atoms with E-state index in [4.69, 9.17) is 9.47 Å². The summed E-state index contributed by atoms with van der Waals surface area (Å²) in [7, 11) is 0. The molecule has 1 aliphatic rings. The number of unbranched alkanes of at least 4 members (excludes halogenated alkanes) is 49. The third-order valence-corrected chi connectivity index (χ3v) is 18.8. The van der Waals surface area contributed by atoms with Gasteiger partial charge in [0.2, 0.25) is 5.91 Å². The van der Waals surface area contributed by atoms with E-state index in [1.165, 1.54) is 289 Å². The molecule has 0 aromatic carbocycles. The molecule has 1 rings (SSSR count). The van der Waals surface area contributed by atoms with Crippen LogP contribution in [-0.2, 0) is 14.3 Å². The topological polar surface area (TPSA) is 189 Å². The van der Waals surface area contributed by atoms with Gasteiger partial charge in [-0.1, -0.05) is 339 Å². The maximum absolute atomic E-state index is 13.3. The lowest BCUT2D eigenvalue weighted by atomic mass is 9.98. The second-order valence-corrected chi connectivity index (χ2v) is 27.4. The van der Waals surface area contributed by atoms with E-state index in [2.05, 4.69) is 67.8 Å². The first kappa shape index (κ1) is 86.1. The Morgan fingerprint density at radius 3 is 0.989 bits per heavy atom. The summed E-state index contributed by atoms with van der Waals surface area (Å²) >= 11 is 0. The Hall–Kier alpha value is -1.93. The molecule has 90 heavy (non-hydrogen) atoms. The number of amides is 1. The molecule has 1 saturated heterocycles. The van der Waals surface area contributed by atoms with Crippen LogP contribution in [0.5, 0.6) is 0 Å². The minimum absolute atomic E-state index is 0.242. The number of carbonyl (C=O) groups excluding carboxylic acids is 1. The van der Waals surface area contributed by atoms with Crippen LogP contribution in [0.1, 0.15) is 380 Å². The molecule has 0 radical (unpaired) electrons. The molecule has 1 aliphatic heterocycles. The van der Waals surface area contributed by atoms with Gasteiger partial charge in [0, 0.05) is 0 Å². The summed E-state index contributed by atoms with van der Waals surface area (Å²) in [5.41, 5.74) is 0. The zero-order valence-corrected chi connectivity index (χ0v) is 58.9. The van der Waals surface area contributed by atoms with Gasteiger partial charge in [0.15, 0.2) is 6.29 Å². The van der Waals surface area contributed by atoms with Crippen molar-refractivity contribution in [2.75, 3.05) is 13.2 Å². The fourth-order valence-corrected chi connectivity index (χ4v) is 12.6. The van der Waals surface area contributed by atoms with Crippen LogP contribution < -0.4 is 5.32 Å². The number of ether oxygens (including phenoxy) is 2. The number of aliphatic hydroxyl groups is 7. The van der Waals surface area contributed by atoms with Gasteiger partial charge in [0.25, 0.3) is 0 Å². The second-order valence-electron chi connectivity index (χ2n) is 27.4. The molecule has 0 spiro atoms. The number of nitrogens with one attached hydrogen (secondary N) is 1. The van der Waals surface area contributed by atoms with Crippen molar-refractivity contribution in [3.63, 3.8) is 0 Å². The van der Waals surface area contributed by atoms with Crippen LogP contribution in [0.3, 0.4) is 0 Å². The highest BCUT2D eigenvalue weighted by Crippen LogP contribution is 2.24. The summed E-state index contributed by atoms with van der Waals surface area (Å²) in [4.78, 5) is 13.3. The van der Waals surface area contributed by atoms with Crippen LogP contribution >= 0.6 is 0 Å². The first-order valence-corrected chi connectivity index (χ1v) is 39.0. The molecule has 9 unspecified atom stereocenters. The molecule has 0 aliphatic carbocycles. The Morgan fingerprint density at radius 2 is 0.667 bits per heavy atom. The van der Waals surface area contributed by atoms with E-state index in [9.17, 15) is 40.5 Å². The largest absolute Gasteiger partial charge is 0.394 e. The van der Waals surface area contributed by atoms with Gasteiger partial charge in [-0.15, -0.1) is 0 Å². The predicted molar refractivity (Wildman–Crippen MR) is 381 cm³/mol. The highest BCUT2D eigenvalue weighted by molar-refractivity contribution is 5.80. The van der Waals surface area contributed by atoms with Crippen LogP contribution in [0.15, 0.2) is 48.6 Å². The Labute approximate surface area is 555 Å². The standard InChI is InChI=1S/C79H149NO10/c1-3-5-7-9-11-13-15-17-19-21-23-25-27-29-31-32-33-34-35-36-37-38-39-41-43-45-47-49-51-53-55-57-59-61-63-65-67-72(83)78(88)80-70(69-89-79-77(87)76(86)75(85)73(68-81)90-79)74(84)71(82)66-64-62-60-58-56-54-52-50-48-46-44-42-40-30-28-26-24-22-20-18-16-14-12-10-8-6-4-2/h34-35,42,44,50,52,58,60,70-77,79,81-87H,3-33,36-41,43,45-49,51,53-57,59,61-69H2,1-2H3,(H,80,88)/b35-34-,44-42+,52-50+,60-58+. The third kappa shape index (κ3) is 53.3. The van der Waals surface area contributed by atoms with E-state index in [1.807, 2.05) is 0 Å². The van der Waals surface area contributed by atoms with Gasteiger partial charge in [0.05, 0.1) is 25.4 Å². The van der Waals surface area contributed by atoms with Gasteiger partial charge in [-0.25, -0.2) is 0 Å². The number of rotatable bonds is 69. The Morgan fingerprint density at radius 1 is 0.378 bits per heavy atom. The summed E-state index contributed by atoms with van der Waals surface area (Å²) in [6, 6.07) is -1.20. The third-order valence-electron chi connectivity index (χ3n) is 18.8. The molecule has 11 heteroatoms. The second kappa shape index (κ2) is 67.1. The van der Waals surface area contributed by atoms with Crippen molar-refractivity contribution in [2.24, 2.45) is 0 Å². The molecule has 0 aromatic rings.